The average Bonchev–Trinajstić information content (AvgIpc) is 3.05. The monoisotopic (exact) mass is 357 g/mol. The molecule has 1 aliphatic rings. The van der Waals surface area contributed by atoms with Crippen LogP contribution in [0.5, 0.6) is 0 Å². The lowest BCUT2D eigenvalue weighted by Gasteiger charge is -2.23. The molecule has 2 aromatic carbocycles. The molecule has 26 heavy (non-hydrogen) atoms. The predicted octanol–water partition coefficient (Wildman–Crippen LogP) is 2.87. The Morgan fingerprint density at radius 3 is 2.88 bits per heavy atom. The quantitative estimate of drug-likeness (QED) is 0.757. The molecule has 4 rings (SSSR count). The van der Waals surface area contributed by atoms with E-state index >= 15 is 0 Å². The van der Waals surface area contributed by atoms with Crippen molar-refractivity contribution in [3.05, 3.63) is 59.3 Å². The molecule has 0 saturated carbocycles. The maximum absolute atomic E-state index is 14.8. The molecule has 3 N–H and O–H groups in total. The summed E-state index contributed by atoms with van der Waals surface area (Å²) < 4.78 is 38.4. The van der Waals surface area contributed by atoms with Gasteiger partial charge in [-0.05, 0) is 55.1 Å². The van der Waals surface area contributed by atoms with Crippen molar-refractivity contribution < 1.29 is 14.9 Å². The molecule has 1 atom stereocenters. The summed E-state index contributed by atoms with van der Waals surface area (Å²) in [5.41, 5.74) is 6.26. The Kier molecular flexibility index (Phi) is 3.86. The molecule has 1 saturated heterocycles. The molecule has 5 nitrogen and oxygen atoms in total. The number of nitrogens with zero attached hydrogens (tertiary/aromatic N) is 2. The summed E-state index contributed by atoms with van der Waals surface area (Å²) in [6, 6.07) is 6.82. The Hall–Kier alpha value is -2.80. The van der Waals surface area contributed by atoms with E-state index in [1.165, 1.54) is 23.0 Å². The van der Waals surface area contributed by atoms with Crippen LogP contribution in [0.3, 0.4) is 0 Å². The van der Waals surface area contributed by atoms with E-state index < -0.39 is 23.4 Å². The molecule has 2 heterocycles. The van der Waals surface area contributed by atoms with E-state index in [0.29, 0.717) is 29.6 Å². The highest BCUT2D eigenvalue weighted by molar-refractivity contribution is 6.04. The molecule has 0 unspecified atom stereocenters. The zero-order valence-electron chi connectivity index (χ0n) is 14.9. The van der Waals surface area contributed by atoms with Gasteiger partial charge in [-0.25, -0.2) is 13.5 Å². The lowest BCUT2D eigenvalue weighted by molar-refractivity contribution is 0.100. The Balaban J connectivity index is 1.77. The minimum absolute atomic E-state index is 0.0285. The van der Waals surface area contributed by atoms with E-state index in [9.17, 15) is 13.6 Å². The predicted molar refractivity (Wildman–Crippen MR) is 94.3 cm³/mol. The molecule has 1 aliphatic heterocycles. The summed E-state index contributed by atoms with van der Waals surface area (Å²) in [6.45, 7) is 1.23. The highest BCUT2D eigenvalue weighted by Crippen LogP contribution is 2.28. The van der Waals surface area contributed by atoms with Crippen LogP contribution in [0.2, 0.25) is 0 Å². The van der Waals surface area contributed by atoms with Gasteiger partial charge in [-0.2, -0.15) is 5.10 Å². The number of fused-ring (bicyclic) bond motifs is 1. The number of amides is 1. The lowest BCUT2D eigenvalue weighted by Crippen LogP contribution is -2.28. The van der Waals surface area contributed by atoms with Crippen LogP contribution in [0.15, 0.2) is 36.5 Å². The number of nitrogens with two attached hydrogens (primary N) is 1. The smallest absolute Gasteiger partial charge is 0.251 e. The number of hydrogen-bond acceptors (Lipinski definition) is 3. The van der Waals surface area contributed by atoms with E-state index in [2.05, 4.69) is 10.4 Å². The van der Waals surface area contributed by atoms with E-state index in [1.807, 2.05) is 0 Å². The highest BCUT2D eigenvalue weighted by atomic mass is 19.1. The molecule has 0 spiro atoms. The van der Waals surface area contributed by atoms with Gasteiger partial charge < -0.3 is 11.1 Å². The van der Waals surface area contributed by atoms with Gasteiger partial charge in [-0.3, -0.25) is 4.79 Å². The Morgan fingerprint density at radius 1 is 1.35 bits per heavy atom. The summed E-state index contributed by atoms with van der Waals surface area (Å²) in [4.78, 5) is 11.5. The SMILES string of the molecule is [2H][C@]1(c2ccc(-n3cc4cc(F)cc(C(N)=O)c4n3)cc2F)CCCNC1. The zero-order chi connectivity index (χ0) is 19.2. The molecule has 0 aliphatic carbocycles. The standard InChI is InChI=1S/C19H18F2N4O/c20-13-6-12-10-25(24-18(12)16(7-13)19(22)26)14-3-4-15(17(21)8-14)11-2-1-5-23-9-11/h3-4,6-8,10-11,23H,1-2,5,9H2,(H2,22,26)/t11-/m0/s1/i11D. The number of hydrogen-bond donors (Lipinski definition) is 2. The minimum Gasteiger partial charge on any atom is -0.366 e. The minimum atomic E-state index is -1.00. The van der Waals surface area contributed by atoms with E-state index in [1.54, 1.807) is 12.1 Å². The van der Waals surface area contributed by atoms with Crippen LogP contribution < -0.4 is 11.1 Å². The number of carbonyl (C=O) groups excluding carboxylic acids is 1. The van der Waals surface area contributed by atoms with Crippen molar-refractivity contribution in [1.29, 1.82) is 0 Å². The summed E-state index contributed by atoms with van der Waals surface area (Å²) in [5.74, 6) is -2.88. The van der Waals surface area contributed by atoms with Crippen LogP contribution in [0, 0.1) is 11.6 Å². The van der Waals surface area contributed by atoms with Crippen molar-refractivity contribution in [1.82, 2.24) is 15.1 Å². The van der Waals surface area contributed by atoms with Gasteiger partial charge in [-0.15, -0.1) is 0 Å². The van der Waals surface area contributed by atoms with Crippen LogP contribution in [-0.4, -0.2) is 28.8 Å². The van der Waals surface area contributed by atoms with Crippen molar-refractivity contribution in [2.75, 3.05) is 13.1 Å². The summed E-state index contributed by atoms with van der Waals surface area (Å²) >= 11 is 0. The number of halogens is 2. The van der Waals surface area contributed by atoms with Crippen LogP contribution in [0.4, 0.5) is 8.78 Å². The third-order valence-corrected chi connectivity index (χ3v) is 4.61. The van der Waals surface area contributed by atoms with Crippen LogP contribution in [0.1, 0.15) is 36.0 Å². The van der Waals surface area contributed by atoms with Crippen molar-refractivity contribution >= 4 is 16.8 Å². The molecule has 1 fully saturated rings. The van der Waals surface area contributed by atoms with Crippen molar-refractivity contribution in [2.45, 2.75) is 18.7 Å². The van der Waals surface area contributed by atoms with E-state index in [0.717, 1.165) is 19.0 Å². The van der Waals surface area contributed by atoms with Gasteiger partial charge in [0.05, 0.1) is 11.3 Å². The van der Waals surface area contributed by atoms with Crippen molar-refractivity contribution in [3.8, 4) is 5.69 Å². The third-order valence-electron chi connectivity index (χ3n) is 4.61. The number of rotatable bonds is 3. The van der Waals surface area contributed by atoms with Gasteiger partial charge in [0.15, 0.2) is 0 Å². The summed E-state index contributed by atoms with van der Waals surface area (Å²) in [5, 5.41) is 7.80. The first kappa shape index (κ1) is 15.5. The second-order valence-corrected chi connectivity index (χ2v) is 6.38. The average molecular weight is 357 g/mol. The molecule has 7 heteroatoms. The fourth-order valence-corrected chi connectivity index (χ4v) is 3.34. The van der Waals surface area contributed by atoms with Crippen molar-refractivity contribution in [2.24, 2.45) is 5.73 Å². The van der Waals surface area contributed by atoms with E-state index in [4.69, 9.17) is 7.10 Å². The highest BCUT2D eigenvalue weighted by Gasteiger charge is 2.19. The normalized spacial score (nSPS) is 20.9. The van der Waals surface area contributed by atoms with Gasteiger partial charge in [0.2, 0.25) is 0 Å². The first-order valence-electron chi connectivity index (χ1n) is 8.87. The molecule has 0 radical (unpaired) electrons. The van der Waals surface area contributed by atoms with Gasteiger partial charge in [-0.1, -0.05) is 6.07 Å². The van der Waals surface area contributed by atoms with Gasteiger partial charge in [0.25, 0.3) is 5.91 Å². The molecule has 134 valence electrons. The molecular weight excluding hydrogens is 338 g/mol. The molecule has 1 amide bonds. The number of benzene rings is 2. The largest absolute Gasteiger partial charge is 0.366 e. The number of piperidine rings is 1. The van der Waals surface area contributed by atoms with Crippen molar-refractivity contribution in [3.63, 3.8) is 0 Å². The lowest BCUT2D eigenvalue weighted by atomic mass is 9.91. The fourth-order valence-electron chi connectivity index (χ4n) is 3.34. The Bertz CT molecular complexity index is 1040. The van der Waals surface area contributed by atoms with Crippen LogP contribution in [-0.2, 0) is 0 Å². The zero-order valence-corrected chi connectivity index (χ0v) is 13.9. The van der Waals surface area contributed by atoms with E-state index in [-0.39, 0.29) is 11.1 Å². The van der Waals surface area contributed by atoms with Gasteiger partial charge in [0, 0.05) is 19.5 Å². The maximum atomic E-state index is 14.8. The Labute approximate surface area is 150 Å². The Morgan fingerprint density at radius 2 is 2.19 bits per heavy atom. The van der Waals surface area contributed by atoms with Crippen LogP contribution >= 0.6 is 0 Å². The fraction of sp³-hybridized carbons (Fsp3) is 0.263. The first-order valence-corrected chi connectivity index (χ1v) is 8.37. The first-order chi connectivity index (χ1) is 12.9. The number of primary amides is 1. The summed E-state index contributed by atoms with van der Waals surface area (Å²) in [7, 11) is 0. The topological polar surface area (TPSA) is 72.9 Å². The molecule has 0 bridgehead atoms. The third kappa shape index (κ3) is 2.94. The molecule has 1 aromatic heterocycles. The number of nitrogens with one attached hydrogen (secondary N) is 1. The maximum Gasteiger partial charge on any atom is 0.251 e. The molecular formula is C19H18F2N4O. The molecule has 3 aromatic rings. The van der Waals surface area contributed by atoms with Gasteiger partial charge >= 0.3 is 0 Å². The number of aromatic nitrogens is 2. The number of carbonyl (C=O) groups is 1. The van der Waals surface area contributed by atoms with Crippen LogP contribution in [0.25, 0.3) is 16.6 Å². The second kappa shape index (κ2) is 6.49. The second-order valence-electron chi connectivity index (χ2n) is 6.38. The summed E-state index contributed by atoms with van der Waals surface area (Å²) in [6.07, 6.45) is 2.91. The van der Waals surface area contributed by atoms with Gasteiger partial charge in [0.1, 0.15) is 17.2 Å².